The first kappa shape index (κ1) is 26.4. The molecule has 36 heavy (non-hydrogen) atoms. The Labute approximate surface area is 199 Å². The van der Waals surface area contributed by atoms with Crippen LogP contribution in [0.2, 0.25) is 0 Å². The standard InChI is InChI=1S/C22H19F6N5O3/c1-9(22(26,27)28)33-19(29)15(20(30)34)18(32-33)12-5-3-10(16(24)17(12)25)8-31-21(35)13-7-11(23)4-6-14(13)36-2/h3-7,9H,8,29H2,1-2H3,(H2,30,34)(H,31,35). The molecule has 1 unspecified atom stereocenters. The van der Waals surface area contributed by atoms with E-state index < -0.39 is 70.7 Å². The van der Waals surface area contributed by atoms with Crippen molar-refractivity contribution in [2.24, 2.45) is 5.73 Å². The molecular formula is C22H19F6N5O3. The molecule has 0 aliphatic rings. The molecule has 2 aromatic carbocycles. The van der Waals surface area contributed by atoms with Gasteiger partial charge in [-0.15, -0.1) is 0 Å². The fraction of sp³-hybridized carbons (Fsp3) is 0.227. The summed E-state index contributed by atoms with van der Waals surface area (Å²) in [5.74, 6) is -6.67. The van der Waals surface area contributed by atoms with Gasteiger partial charge in [0.1, 0.15) is 34.7 Å². The number of primary amides is 1. The number of alkyl halides is 3. The summed E-state index contributed by atoms with van der Waals surface area (Å²) in [6.07, 6.45) is -4.82. The van der Waals surface area contributed by atoms with Crippen LogP contribution in [0, 0.1) is 17.5 Å². The maximum Gasteiger partial charge on any atom is 0.410 e. The Kier molecular flexibility index (Phi) is 7.17. The lowest BCUT2D eigenvalue weighted by Crippen LogP contribution is -2.26. The zero-order chi connectivity index (χ0) is 26.9. The lowest BCUT2D eigenvalue weighted by molar-refractivity contribution is -0.164. The number of anilines is 1. The van der Waals surface area contributed by atoms with Crippen molar-refractivity contribution in [1.82, 2.24) is 15.1 Å². The van der Waals surface area contributed by atoms with Gasteiger partial charge in [0.25, 0.3) is 11.8 Å². The molecule has 0 saturated heterocycles. The van der Waals surface area contributed by atoms with Gasteiger partial charge >= 0.3 is 6.18 Å². The van der Waals surface area contributed by atoms with Crippen molar-refractivity contribution < 1.29 is 40.7 Å². The molecule has 0 aliphatic heterocycles. The molecule has 0 aliphatic carbocycles. The van der Waals surface area contributed by atoms with E-state index in [0.717, 1.165) is 24.3 Å². The molecule has 0 bridgehead atoms. The van der Waals surface area contributed by atoms with E-state index in [1.165, 1.54) is 13.2 Å². The summed E-state index contributed by atoms with van der Waals surface area (Å²) in [5, 5.41) is 5.87. The van der Waals surface area contributed by atoms with Gasteiger partial charge < -0.3 is 21.5 Å². The average molecular weight is 515 g/mol. The Morgan fingerprint density at radius 2 is 1.81 bits per heavy atom. The summed E-state index contributed by atoms with van der Waals surface area (Å²) in [5.41, 5.74) is 8.20. The minimum Gasteiger partial charge on any atom is -0.496 e. The molecule has 3 rings (SSSR count). The normalized spacial score (nSPS) is 12.3. The van der Waals surface area contributed by atoms with Gasteiger partial charge in [0.15, 0.2) is 11.6 Å². The van der Waals surface area contributed by atoms with Crippen LogP contribution in [-0.2, 0) is 6.54 Å². The van der Waals surface area contributed by atoms with Gasteiger partial charge in [0.05, 0.1) is 12.7 Å². The highest BCUT2D eigenvalue weighted by molar-refractivity contribution is 6.03. The Morgan fingerprint density at radius 3 is 2.39 bits per heavy atom. The summed E-state index contributed by atoms with van der Waals surface area (Å²) in [7, 11) is 1.25. The second kappa shape index (κ2) is 9.79. The van der Waals surface area contributed by atoms with Crippen LogP contribution < -0.4 is 21.5 Å². The number of methoxy groups -OCH3 is 1. The third-order valence-corrected chi connectivity index (χ3v) is 5.30. The number of nitrogen functional groups attached to an aromatic ring is 1. The zero-order valence-electron chi connectivity index (χ0n) is 18.7. The number of nitrogens with two attached hydrogens (primary N) is 2. The van der Waals surface area contributed by atoms with Crippen LogP contribution in [0.5, 0.6) is 5.75 Å². The number of ether oxygens (including phenoxy) is 1. The summed E-state index contributed by atoms with van der Waals surface area (Å²) in [4.78, 5) is 24.3. The number of carbonyl (C=O) groups is 2. The fourth-order valence-electron chi connectivity index (χ4n) is 3.35. The van der Waals surface area contributed by atoms with E-state index in [1.54, 1.807) is 0 Å². The number of carbonyl (C=O) groups excluding carboxylic acids is 2. The first-order chi connectivity index (χ1) is 16.8. The minimum atomic E-state index is -4.82. The predicted octanol–water partition coefficient (Wildman–Crippen LogP) is 3.71. The molecule has 3 aromatic rings. The number of hydrogen-bond acceptors (Lipinski definition) is 5. The van der Waals surface area contributed by atoms with E-state index >= 15 is 0 Å². The highest BCUT2D eigenvalue weighted by Gasteiger charge is 2.40. The molecule has 192 valence electrons. The van der Waals surface area contributed by atoms with Gasteiger partial charge in [-0.3, -0.25) is 9.59 Å². The molecule has 14 heteroatoms. The number of rotatable bonds is 7. The van der Waals surface area contributed by atoms with Crippen LogP contribution in [0.4, 0.5) is 32.2 Å². The van der Waals surface area contributed by atoms with E-state index in [2.05, 4.69) is 10.4 Å². The van der Waals surface area contributed by atoms with Gasteiger partial charge in [-0.25, -0.2) is 17.9 Å². The maximum atomic E-state index is 15.0. The van der Waals surface area contributed by atoms with Crippen LogP contribution in [0.25, 0.3) is 11.3 Å². The maximum absolute atomic E-state index is 15.0. The Bertz CT molecular complexity index is 1340. The van der Waals surface area contributed by atoms with E-state index in [4.69, 9.17) is 16.2 Å². The van der Waals surface area contributed by atoms with Crippen molar-refractivity contribution in [1.29, 1.82) is 0 Å². The van der Waals surface area contributed by atoms with Crippen molar-refractivity contribution in [3.8, 4) is 17.0 Å². The third-order valence-electron chi connectivity index (χ3n) is 5.30. The Balaban J connectivity index is 1.96. The predicted molar refractivity (Wildman–Crippen MR) is 115 cm³/mol. The highest BCUT2D eigenvalue weighted by Crippen LogP contribution is 2.37. The Morgan fingerprint density at radius 1 is 1.14 bits per heavy atom. The number of nitrogens with zero attached hydrogens (tertiary/aromatic N) is 2. The monoisotopic (exact) mass is 515 g/mol. The molecule has 0 radical (unpaired) electrons. The second-order valence-electron chi connectivity index (χ2n) is 7.56. The van der Waals surface area contributed by atoms with Crippen molar-refractivity contribution >= 4 is 17.6 Å². The number of hydrogen-bond donors (Lipinski definition) is 3. The lowest BCUT2D eigenvalue weighted by atomic mass is 10.0. The molecule has 1 aromatic heterocycles. The zero-order valence-corrected chi connectivity index (χ0v) is 18.7. The first-order valence-electron chi connectivity index (χ1n) is 10.1. The van der Waals surface area contributed by atoms with Crippen molar-refractivity contribution in [3.05, 3.63) is 64.5 Å². The molecule has 1 atom stereocenters. The van der Waals surface area contributed by atoms with Crippen molar-refractivity contribution in [3.63, 3.8) is 0 Å². The summed E-state index contributed by atoms with van der Waals surface area (Å²) >= 11 is 0. The molecule has 0 spiro atoms. The third kappa shape index (κ3) is 4.92. The number of amides is 2. The number of benzene rings is 2. The van der Waals surface area contributed by atoms with Gasteiger partial charge in [-0.05, 0) is 31.2 Å². The molecule has 2 amide bonds. The van der Waals surface area contributed by atoms with Crippen LogP contribution in [0.15, 0.2) is 30.3 Å². The number of nitrogens with one attached hydrogen (secondary N) is 1. The number of halogens is 6. The summed E-state index contributed by atoms with van der Waals surface area (Å²) in [6, 6.07) is 2.82. The van der Waals surface area contributed by atoms with Crippen molar-refractivity contribution in [2.75, 3.05) is 12.8 Å². The SMILES string of the molecule is COc1ccc(F)cc1C(=O)NCc1ccc(-c2nn(C(C)C(F)(F)F)c(N)c2C(N)=O)c(F)c1F. The topological polar surface area (TPSA) is 125 Å². The van der Waals surface area contributed by atoms with E-state index in [9.17, 15) is 35.9 Å². The molecular weight excluding hydrogens is 496 g/mol. The van der Waals surface area contributed by atoms with Crippen LogP contribution in [-0.4, -0.2) is 34.9 Å². The fourth-order valence-corrected chi connectivity index (χ4v) is 3.35. The first-order valence-corrected chi connectivity index (χ1v) is 10.1. The molecule has 5 N–H and O–H groups in total. The van der Waals surface area contributed by atoms with E-state index in [0.29, 0.717) is 6.92 Å². The van der Waals surface area contributed by atoms with Crippen molar-refractivity contribution in [2.45, 2.75) is 25.7 Å². The number of aromatic nitrogens is 2. The molecule has 0 saturated carbocycles. The molecule has 8 nitrogen and oxygen atoms in total. The van der Waals surface area contributed by atoms with Gasteiger partial charge in [0.2, 0.25) is 0 Å². The molecule has 1 heterocycles. The summed E-state index contributed by atoms with van der Waals surface area (Å²) < 4.78 is 88.0. The van der Waals surface area contributed by atoms with Crippen LogP contribution >= 0.6 is 0 Å². The largest absolute Gasteiger partial charge is 0.496 e. The highest BCUT2D eigenvalue weighted by atomic mass is 19.4. The second-order valence-corrected chi connectivity index (χ2v) is 7.56. The Hall–Kier alpha value is -4.23. The smallest absolute Gasteiger partial charge is 0.410 e. The summed E-state index contributed by atoms with van der Waals surface area (Å²) in [6.45, 7) is 0.153. The van der Waals surface area contributed by atoms with Gasteiger partial charge in [-0.2, -0.15) is 18.3 Å². The van der Waals surface area contributed by atoms with Crippen LogP contribution in [0.1, 0.15) is 39.2 Å². The molecule has 0 fully saturated rings. The quantitative estimate of drug-likeness (QED) is 0.414. The van der Waals surface area contributed by atoms with Gasteiger partial charge in [0, 0.05) is 17.7 Å². The average Bonchev–Trinajstić information content (AvgIpc) is 3.15. The minimum absolute atomic E-state index is 0.0381. The van der Waals surface area contributed by atoms with E-state index in [1.807, 2.05) is 0 Å². The van der Waals surface area contributed by atoms with E-state index in [-0.39, 0.29) is 21.6 Å². The van der Waals surface area contributed by atoms with Crippen LogP contribution in [0.3, 0.4) is 0 Å². The lowest BCUT2D eigenvalue weighted by Gasteiger charge is -2.17. The van der Waals surface area contributed by atoms with Gasteiger partial charge in [-0.1, -0.05) is 6.07 Å².